The van der Waals surface area contributed by atoms with E-state index >= 15 is 0 Å². The number of hydrogen-bond acceptors (Lipinski definition) is 4. The van der Waals surface area contributed by atoms with Crippen molar-refractivity contribution in [3.8, 4) is 0 Å². The highest BCUT2D eigenvalue weighted by Gasteiger charge is 2.36. The number of alkyl halides is 3. The first-order valence-corrected chi connectivity index (χ1v) is 9.25. The summed E-state index contributed by atoms with van der Waals surface area (Å²) in [5, 5.41) is 3.07. The summed E-state index contributed by atoms with van der Waals surface area (Å²) in [6, 6.07) is 4.47. The number of carbonyl (C=O) groups excluding carboxylic acids is 1. The standard InChI is InChI=1S/C20H21F3N2O3/c1-11-7-16(18(26)24-10-19(2)27-5-6-28-19)25-17-14(11)8-13(12-3-4-12)9-15(17)20(21,22)23/h7-9,12H,3-6,10H2,1-2H3,(H,24,26). The predicted molar refractivity (Wildman–Crippen MR) is 96.1 cm³/mol. The molecule has 1 saturated heterocycles. The van der Waals surface area contributed by atoms with Gasteiger partial charge >= 0.3 is 6.18 Å². The maximum atomic E-state index is 13.7. The van der Waals surface area contributed by atoms with Crippen molar-refractivity contribution >= 4 is 16.8 Å². The maximum absolute atomic E-state index is 13.7. The molecule has 1 aliphatic heterocycles. The van der Waals surface area contributed by atoms with Crippen LogP contribution in [0.4, 0.5) is 13.2 Å². The fourth-order valence-corrected chi connectivity index (χ4v) is 3.49. The van der Waals surface area contributed by atoms with Gasteiger partial charge < -0.3 is 14.8 Å². The predicted octanol–water partition coefficient (Wildman–Crippen LogP) is 3.93. The zero-order valence-electron chi connectivity index (χ0n) is 15.7. The molecular weight excluding hydrogens is 373 g/mol. The summed E-state index contributed by atoms with van der Waals surface area (Å²) >= 11 is 0. The average Bonchev–Trinajstić information content (AvgIpc) is 3.39. The lowest BCUT2D eigenvalue weighted by Crippen LogP contribution is -2.41. The van der Waals surface area contributed by atoms with Gasteiger partial charge in [0.25, 0.3) is 5.91 Å². The van der Waals surface area contributed by atoms with Crippen LogP contribution in [0.15, 0.2) is 18.2 Å². The monoisotopic (exact) mass is 394 g/mol. The molecule has 1 aliphatic carbocycles. The second-order valence-electron chi connectivity index (χ2n) is 7.57. The van der Waals surface area contributed by atoms with Crippen LogP contribution in [-0.4, -0.2) is 36.4 Å². The van der Waals surface area contributed by atoms with Gasteiger partial charge in [-0.3, -0.25) is 4.79 Å². The van der Waals surface area contributed by atoms with Crippen molar-refractivity contribution in [1.82, 2.24) is 10.3 Å². The zero-order chi connectivity index (χ0) is 20.1. The van der Waals surface area contributed by atoms with Crippen LogP contribution in [0, 0.1) is 6.92 Å². The third kappa shape index (κ3) is 3.71. The first-order chi connectivity index (χ1) is 13.2. The molecule has 8 heteroatoms. The highest BCUT2D eigenvalue weighted by molar-refractivity contribution is 5.97. The number of amides is 1. The van der Waals surface area contributed by atoms with Gasteiger partial charge in [0.15, 0.2) is 5.79 Å². The van der Waals surface area contributed by atoms with Gasteiger partial charge in [-0.25, -0.2) is 4.98 Å². The number of rotatable bonds is 4. The molecule has 5 nitrogen and oxygen atoms in total. The van der Waals surface area contributed by atoms with Gasteiger partial charge in [-0.2, -0.15) is 13.2 Å². The average molecular weight is 394 g/mol. The van der Waals surface area contributed by atoms with Gasteiger partial charge in [-0.15, -0.1) is 0 Å². The number of pyridine rings is 1. The lowest BCUT2D eigenvalue weighted by Gasteiger charge is -2.22. The van der Waals surface area contributed by atoms with E-state index in [1.165, 1.54) is 12.1 Å². The van der Waals surface area contributed by atoms with Gasteiger partial charge in [0.2, 0.25) is 0 Å². The van der Waals surface area contributed by atoms with Crippen LogP contribution in [-0.2, 0) is 15.7 Å². The summed E-state index contributed by atoms with van der Waals surface area (Å²) in [5.74, 6) is -1.32. The van der Waals surface area contributed by atoms with Crippen molar-refractivity contribution in [3.05, 3.63) is 40.6 Å². The largest absolute Gasteiger partial charge is 0.418 e. The summed E-state index contributed by atoms with van der Waals surface area (Å²) in [7, 11) is 0. The van der Waals surface area contributed by atoms with Crippen LogP contribution in [0.1, 0.15) is 52.9 Å². The summed E-state index contributed by atoms with van der Waals surface area (Å²) in [6.07, 6.45) is -2.74. The van der Waals surface area contributed by atoms with Gasteiger partial charge in [0.1, 0.15) is 5.69 Å². The number of aromatic nitrogens is 1. The molecule has 150 valence electrons. The van der Waals surface area contributed by atoms with Crippen molar-refractivity contribution in [3.63, 3.8) is 0 Å². The SMILES string of the molecule is Cc1cc(C(=O)NCC2(C)OCCO2)nc2c(C(F)(F)F)cc(C3CC3)cc12. The van der Waals surface area contributed by atoms with Gasteiger partial charge in [-0.1, -0.05) is 0 Å². The topological polar surface area (TPSA) is 60.5 Å². The van der Waals surface area contributed by atoms with Crippen LogP contribution >= 0.6 is 0 Å². The molecule has 28 heavy (non-hydrogen) atoms. The van der Waals surface area contributed by atoms with Crippen LogP contribution in [0.2, 0.25) is 0 Å². The lowest BCUT2D eigenvalue weighted by molar-refractivity contribution is -0.136. The Morgan fingerprint density at radius 3 is 2.54 bits per heavy atom. The van der Waals surface area contributed by atoms with Gasteiger partial charge in [0.05, 0.1) is 30.8 Å². The minimum Gasteiger partial charge on any atom is -0.346 e. The molecule has 1 aromatic heterocycles. The van der Waals surface area contributed by atoms with Gasteiger partial charge in [0, 0.05) is 5.39 Å². The number of aryl methyl sites for hydroxylation is 1. The molecule has 1 saturated carbocycles. The summed E-state index contributed by atoms with van der Waals surface area (Å²) < 4.78 is 51.9. The summed E-state index contributed by atoms with van der Waals surface area (Å²) in [6.45, 7) is 4.33. The highest BCUT2D eigenvalue weighted by Crippen LogP contribution is 2.44. The number of benzene rings is 1. The smallest absolute Gasteiger partial charge is 0.346 e. The Morgan fingerprint density at radius 2 is 1.93 bits per heavy atom. The molecule has 1 amide bonds. The fraction of sp³-hybridized carbons (Fsp3) is 0.500. The Kier molecular flexibility index (Phi) is 4.58. The number of halogens is 3. The molecule has 1 aromatic carbocycles. The molecule has 2 fully saturated rings. The highest BCUT2D eigenvalue weighted by atomic mass is 19.4. The van der Waals surface area contributed by atoms with E-state index in [9.17, 15) is 18.0 Å². The molecule has 2 heterocycles. The molecule has 4 rings (SSSR count). The van der Waals surface area contributed by atoms with Crippen LogP contribution in [0.5, 0.6) is 0 Å². The number of carbonyl (C=O) groups is 1. The summed E-state index contributed by atoms with van der Waals surface area (Å²) in [4.78, 5) is 16.6. The third-order valence-corrected chi connectivity index (χ3v) is 5.20. The Morgan fingerprint density at radius 1 is 1.25 bits per heavy atom. The number of ether oxygens (including phenoxy) is 2. The molecular formula is C20H21F3N2O3. The lowest BCUT2D eigenvalue weighted by atomic mass is 9.98. The third-order valence-electron chi connectivity index (χ3n) is 5.20. The molecule has 0 spiro atoms. The first-order valence-electron chi connectivity index (χ1n) is 9.25. The quantitative estimate of drug-likeness (QED) is 0.854. The Balaban J connectivity index is 1.70. The van der Waals surface area contributed by atoms with Crippen LogP contribution in [0.25, 0.3) is 10.9 Å². The van der Waals surface area contributed by atoms with E-state index < -0.39 is 23.4 Å². The Hall–Kier alpha value is -2.19. The van der Waals surface area contributed by atoms with Crippen molar-refractivity contribution in [2.75, 3.05) is 19.8 Å². The molecule has 0 radical (unpaired) electrons. The van der Waals surface area contributed by atoms with E-state index in [-0.39, 0.29) is 23.7 Å². The minimum atomic E-state index is -4.54. The van der Waals surface area contributed by atoms with E-state index in [0.29, 0.717) is 29.7 Å². The number of nitrogens with zero attached hydrogens (tertiary/aromatic N) is 1. The van der Waals surface area contributed by atoms with Crippen molar-refractivity contribution < 1.29 is 27.4 Å². The van der Waals surface area contributed by atoms with E-state index in [4.69, 9.17) is 9.47 Å². The van der Waals surface area contributed by atoms with Crippen LogP contribution in [0.3, 0.4) is 0 Å². The summed E-state index contributed by atoms with van der Waals surface area (Å²) in [5.41, 5.74) is 0.227. The first kappa shape index (κ1) is 19.1. The van der Waals surface area contributed by atoms with Gasteiger partial charge in [-0.05, 0) is 61.9 Å². The Labute approximate surface area is 160 Å². The normalized spacial score (nSPS) is 19.2. The molecule has 1 N–H and O–H groups in total. The number of nitrogens with one attached hydrogen (secondary N) is 1. The van der Waals surface area contributed by atoms with E-state index in [0.717, 1.165) is 12.8 Å². The molecule has 0 unspecified atom stereocenters. The van der Waals surface area contributed by atoms with E-state index in [2.05, 4.69) is 10.3 Å². The maximum Gasteiger partial charge on any atom is 0.418 e. The van der Waals surface area contributed by atoms with Crippen molar-refractivity contribution in [2.24, 2.45) is 0 Å². The fourth-order valence-electron chi connectivity index (χ4n) is 3.49. The van der Waals surface area contributed by atoms with Crippen molar-refractivity contribution in [1.29, 1.82) is 0 Å². The zero-order valence-corrected chi connectivity index (χ0v) is 15.7. The second kappa shape index (κ2) is 6.70. The molecule has 2 aliphatic rings. The van der Waals surface area contributed by atoms with E-state index in [1.54, 1.807) is 19.9 Å². The number of hydrogen-bond donors (Lipinski definition) is 1. The Bertz CT molecular complexity index is 932. The second-order valence-corrected chi connectivity index (χ2v) is 7.57. The van der Waals surface area contributed by atoms with Crippen LogP contribution < -0.4 is 5.32 Å². The molecule has 0 atom stereocenters. The minimum absolute atomic E-state index is 0.0590. The van der Waals surface area contributed by atoms with E-state index in [1.807, 2.05) is 0 Å². The number of fused-ring (bicyclic) bond motifs is 1. The molecule has 0 bridgehead atoms. The van der Waals surface area contributed by atoms with Crippen molar-refractivity contribution in [2.45, 2.75) is 44.6 Å². The molecule has 2 aromatic rings.